The van der Waals surface area contributed by atoms with Crippen LogP contribution in [-0.4, -0.2) is 28.6 Å². The van der Waals surface area contributed by atoms with Gasteiger partial charge in [-0.2, -0.15) is 0 Å². The maximum atomic E-state index is 12.6. The fourth-order valence-electron chi connectivity index (χ4n) is 4.54. The van der Waals surface area contributed by atoms with Crippen molar-refractivity contribution in [3.8, 4) is 5.75 Å². The first kappa shape index (κ1) is 24.5. The van der Waals surface area contributed by atoms with Crippen LogP contribution in [0, 0.1) is 27.7 Å². The highest BCUT2D eigenvalue weighted by Gasteiger charge is 2.12. The molecule has 0 saturated carbocycles. The van der Waals surface area contributed by atoms with Crippen LogP contribution in [-0.2, 0) is 13.0 Å². The summed E-state index contributed by atoms with van der Waals surface area (Å²) in [6.07, 6.45) is 2.53. The zero-order valence-electron chi connectivity index (χ0n) is 21.2. The zero-order valence-corrected chi connectivity index (χ0v) is 21.2. The Hall–Kier alpha value is -3.60. The Morgan fingerprint density at radius 2 is 1.66 bits per heavy atom. The summed E-state index contributed by atoms with van der Waals surface area (Å²) in [6.45, 7) is 10.3. The van der Waals surface area contributed by atoms with Crippen molar-refractivity contribution in [3.63, 3.8) is 0 Å². The maximum absolute atomic E-state index is 12.6. The first-order chi connectivity index (χ1) is 16.9. The molecule has 0 saturated heterocycles. The second kappa shape index (κ2) is 11.2. The number of aromatic nitrogens is 2. The smallest absolute Gasteiger partial charge is 0.251 e. The Balaban J connectivity index is 1.34. The highest BCUT2D eigenvalue weighted by atomic mass is 16.5. The summed E-state index contributed by atoms with van der Waals surface area (Å²) < 4.78 is 8.34. The molecule has 4 rings (SSSR count). The van der Waals surface area contributed by atoms with Gasteiger partial charge in [0, 0.05) is 25.1 Å². The van der Waals surface area contributed by atoms with E-state index < -0.39 is 0 Å². The molecule has 5 nitrogen and oxygen atoms in total. The van der Waals surface area contributed by atoms with Crippen molar-refractivity contribution in [3.05, 3.63) is 94.3 Å². The molecule has 0 fully saturated rings. The average Bonchev–Trinajstić information content (AvgIpc) is 3.18. The molecule has 0 aliphatic heterocycles. The van der Waals surface area contributed by atoms with Crippen LogP contribution in [0.4, 0.5) is 0 Å². The normalized spacial score (nSPS) is 11.1. The lowest BCUT2D eigenvalue weighted by Crippen LogP contribution is -2.25. The highest BCUT2D eigenvalue weighted by Crippen LogP contribution is 2.20. The first-order valence-electron chi connectivity index (χ1n) is 12.4. The van der Waals surface area contributed by atoms with Crippen molar-refractivity contribution in [2.24, 2.45) is 0 Å². The molecule has 182 valence electrons. The molecule has 0 spiro atoms. The number of para-hydroxylation sites is 2. The lowest BCUT2D eigenvalue weighted by atomic mass is 10.1. The van der Waals surface area contributed by atoms with Gasteiger partial charge in [0.05, 0.1) is 17.6 Å². The van der Waals surface area contributed by atoms with E-state index >= 15 is 0 Å². The maximum Gasteiger partial charge on any atom is 0.251 e. The Morgan fingerprint density at radius 1 is 0.914 bits per heavy atom. The molecule has 0 radical (unpaired) electrons. The number of carbonyl (C=O) groups excluding carboxylic acids is 1. The largest absolute Gasteiger partial charge is 0.493 e. The van der Waals surface area contributed by atoms with Crippen molar-refractivity contribution in [2.75, 3.05) is 13.2 Å². The van der Waals surface area contributed by atoms with Gasteiger partial charge in [-0.3, -0.25) is 4.79 Å². The minimum absolute atomic E-state index is 0.0143. The minimum Gasteiger partial charge on any atom is -0.493 e. The molecular formula is C30H35N3O2. The van der Waals surface area contributed by atoms with E-state index in [-0.39, 0.29) is 5.91 Å². The summed E-state index contributed by atoms with van der Waals surface area (Å²) >= 11 is 0. The second-order valence-electron chi connectivity index (χ2n) is 9.32. The number of hydrogen-bond donors (Lipinski definition) is 1. The SMILES string of the molecule is Cc1ccc(OCCCn2c(CCCNC(=O)c3ccc(C)cc3C)nc3ccccc32)c(C)c1. The van der Waals surface area contributed by atoms with E-state index in [4.69, 9.17) is 9.72 Å². The molecule has 0 aliphatic rings. The molecule has 0 atom stereocenters. The molecule has 0 unspecified atom stereocenters. The second-order valence-corrected chi connectivity index (χ2v) is 9.32. The molecule has 0 aliphatic carbocycles. The topological polar surface area (TPSA) is 56.1 Å². The van der Waals surface area contributed by atoms with E-state index in [1.165, 1.54) is 11.1 Å². The molecular weight excluding hydrogens is 434 g/mol. The number of nitrogens with zero attached hydrogens (tertiary/aromatic N) is 2. The number of carbonyl (C=O) groups is 1. The third kappa shape index (κ3) is 6.10. The first-order valence-corrected chi connectivity index (χ1v) is 12.4. The molecule has 4 aromatic rings. The fraction of sp³-hybridized carbons (Fsp3) is 0.333. The highest BCUT2D eigenvalue weighted by molar-refractivity contribution is 5.95. The Morgan fingerprint density at radius 3 is 2.43 bits per heavy atom. The van der Waals surface area contributed by atoms with Crippen LogP contribution in [0.15, 0.2) is 60.7 Å². The summed E-state index contributed by atoms with van der Waals surface area (Å²) in [5, 5.41) is 3.07. The quantitative estimate of drug-likeness (QED) is 0.286. The lowest BCUT2D eigenvalue weighted by molar-refractivity contribution is 0.0952. The number of ether oxygens (including phenoxy) is 1. The number of imidazole rings is 1. The summed E-state index contributed by atoms with van der Waals surface area (Å²) in [4.78, 5) is 17.5. The van der Waals surface area contributed by atoms with Crippen LogP contribution in [0.5, 0.6) is 5.75 Å². The molecule has 3 aromatic carbocycles. The van der Waals surface area contributed by atoms with Gasteiger partial charge in [-0.1, -0.05) is 47.5 Å². The predicted octanol–water partition coefficient (Wildman–Crippen LogP) is 6.10. The van der Waals surface area contributed by atoms with Gasteiger partial charge in [0.25, 0.3) is 5.91 Å². The van der Waals surface area contributed by atoms with Crippen molar-refractivity contribution in [2.45, 2.75) is 53.5 Å². The van der Waals surface area contributed by atoms with Gasteiger partial charge in [0.1, 0.15) is 11.6 Å². The third-order valence-electron chi connectivity index (χ3n) is 6.34. The molecule has 5 heteroatoms. The number of rotatable bonds is 10. The molecule has 1 amide bonds. The number of benzene rings is 3. The summed E-state index contributed by atoms with van der Waals surface area (Å²) in [6, 6.07) is 20.5. The fourth-order valence-corrected chi connectivity index (χ4v) is 4.54. The Kier molecular flexibility index (Phi) is 7.86. The van der Waals surface area contributed by atoms with Gasteiger partial charge >= 0.3 is 0 Å². The van der Waals surface area contributed by atoms with Crippen molar-refractivity contribution >= 4 is 16.9 Å². The van der Waals surface area contributed by atoms with E-state index in [9.17, 15) is 4.79 Å². The van der Waals surface area contributed by atoms with Gasteiger partial charge in [0.2, 0.25) is 0 Å². The molecule has 0 bridgehead atoms. The number of aryl methyl sites for hydroxylation is 6. The van der Waals surface area contributed by atoms with Crippen molar-refractivity contribution in [1.29, 1.82) is 0 Å². The number of fused-ring (bicyclic) bond motifs is 1. The molecule has 1 aromatic heterocycles. The number of hydrogen-bond acceptors (Lipinski definition) is 3. The predicted molar refractivity (Wildman–Crippen MR) is 142 cm³/mol. The van der Waals surface area contributed by atoms with Crippen LogP contribution in [0.3, 0.4) is 0 Å². The van der Waals surface area contributed by atoms with Crippen LogP contribution < -0.4 is 10.1 Å². The van der Waals surface area contributed by atoms with Crippen LogP contribution >= 0.6 is 0 Å². The molecule has 1 heterocycles. The lowest BCUT2D eigenvalue weighted by Gasteiger charge is -2.12. The number of amides is 1. The molecule has 1 N–H and O–H groups in total. The molecule has 35 heavy (non-hydrogen) atoms. The minimum atomic E-state index is -0.0143. The summed E-state index contributed by atoms with van der Waals surface area (Å²) in [7, 11) is 0. The average molecular weight is 470 g/mol. The van der Waals surface area contributed by atoms with Crippen molar-refractivity contribution in [1.82, 2.24) is 14.9 Å². The van der Waals surface area contributed by atoms with E-state index in [0.717, 1.165) is 65.1 Å². The van der Waals surface area contributed by atoms with Crippen LogP contribution in [0.1, 0.15) is 51.3 Å². The summed E-state index contributed by atoms with van der Waals surface area (Å²) in [5.74, 6) is 1.99. The van der Waals surface area contributed by atoms with Gasteiger partial charge in [0.15, 0.2) is 0 Å². The summed E-state index contributed by atoms with van der Waals surface area (Å²) in [5.41, 5.74) is 7.48. The van der Waals surface area contributed by atoms with Gasteiger partial charge in [-0.15, -0.1) is 0 Å². The van der Waals surface area contributed by atoms with E-state index in [1.807, 2.05) is 38.1 Å². The van der Waals surface area contributed by atoms with Gasteiger partial charge in [-0.25, -0.2) is 4.98 Å². The monoisotopic (exact) mass is 469 g/mol. The van der Waals surface area contributed by atoms with Gasteiger partial charge < -0.3 is 14.6 Å². The van der Waals surface area contributed by atoms with E-state index in [1.54, 1.807) is 0 Å². The zero-order chi connectivity index (χ0) is 24.8. The standard InChI is InChI=1S/C30H35N3O2/c1-21-12-14-25(23(3)19-21)30(34)31-16-7-11-29-32-26-9-5-6-10-27(26)33(29)17-8-18-35-28-15-13-22(2)20-24(28)4/h5-6,9-10,12-15,19-20H,7-8,11,16-18H2,1-4H3,(H,31,34). The van der Waals surface area contributed by atoms with Gasteiger partial charge in [-0.05, 0) is 75.9 Å². The van der Waals surface area contributed by atoms with Crippen LogP contribution in [0.25, 0.3) is 11.0 Å². The van der Waals surface area contributed by atoms with Crippen molar-refractivity contribution < 1.29 is 9.53 Å². The van der Waals surface area contributed by atoms with Crippen LogP contribution in [0.2, 0.25) is 0 Å². The Bertz CT molecular complexity index is 1320. The third-order valence-corrected chi connectivity index (χ3v) is 6.34. The Labute approximate surface area is 208 Å². The van der Waals surface area contributed by atoms with E-state index in [0.29, 0.717) is 13.2 Å². The number of nitrogens with one attached hydrogen (secondary N) is 1. The van der Waals surface area contributed by atoms with E-state index in [2.05, 4.69) is 60.1 Å².